The average Bonchev–Trinajstić information content (AvgIpc) is 3.85. The summed E-state index contributed by atoms with van der Waals surface area (Å²) < 4.78 is 2.68. The molecule has 5 aliphatic rings. The van der Waals surface area contributed by atoms with E-state index in [1.807, 2.05) is 11.3 Å². The Hall–Kier alpha value is -6.22. The first-order chi connectivity index (χ1) is 30.6. The first-order valence-electron chi connectivity index (χ1n) is 22.9. The van der Waals surface area contributed by atoms with Crippen LogP contribution in [0.3, 0.4) is 0 Å². The topological polar surface area (TPSA) is 3.24 Å². The second-order valence-corrected chi connectivity index (χ2v) is 20.3. The van der Waals surface area contributed by atoms with E-state index in [2.05, 4.69) is 200 Å². The van der Waals surface area contributed by atoms with Gasteiger partial charge in [0.25, 0.3) is 0 Å². The van der Waals surface area contributed by atoms with Crippen LogP contribution in [-0.4, -0.2) is 0 Å². The SMILES string of the molecule is C[C@@H]1C[C@H]2C[C@H]3CC1CC21c2ccc(N(c4ccccc4)c4cccc(-c5cccc6c5sc5ccccc56)c4)cc2C2(c4ccccc4-c4ccccc42)c2ccccc2C31. The Kier molecular flexibility index (Phi) is 7.37. The first kappa shape index (κ1) is 35.4. The average molecular weight is 814 g/mol. The number of nitrogens with zero attached hydrogens (tertiary/aromatic N) is 1. The van der Waals surface area contributed by atoms with Gasteiger partial charge in [-0.1, -0.05) is 153 Å². The fourth-order valence-electron chi connectivity index (χ4n) is 14.5. The molecule has 1 heterocycles. The van der Waals surface area contributed by atoms with Gasteiger partial charge in [0.2, 0.25) is 0 Å². The van der Waals surface area contributed by atoms with E-state index in [1.54, 1.807) is 11.1 Å². The molecular formula is C60H47NS. The van der Waals surface area contributed by atoms with Crippen LogP contribution in [0.25, 0.3) is 42.4 Å². The molecule has 298 valence electrons. The summed E-state index contributed by atoms with van der Waals surface area (Å²) in [5.41, 5.74) is 17.6. The van der Waals surface area contributed by atoms with Gasteiger partial charge in [-0.05, 0) is 153 Å². The minimum atomic E-state index is -0.451. The summed E-state index contributed by atoms with van der Waals surface area (Å²) in [4.78, 5) is 2.54. The normalized spacial score (nSPS) is 24.3. The maximum atomic E-state index is 2.67. The Morgan fingerprint density at radius 1 is 0.484 bits per heavy atom. The summed E-state index contributed by atoms with van der Waals surface area (Å²) in [6.45, 7) is 2.57. The van der Waals surface area contributed by atoms with Crippen molar-refractivity contribution < 1.29 is 0 Å². The molecule has 3 bridgehead atoms. The summed E-state index contributed by atoms with van der Waals surface area (Å²) in [7, 11) is 0. The predicted molar refractivity (Wildman–Crippen MR) is 259 cm³/mol. The van der Waals surface area contributed by atoms with Crippen LogP contribution in [-0.2, 0) is 10.8 Å². The van der Waals surface area contributed by atoms with Gasteiger partial charge in [-0.25, -0.2) is 0 Å². The standard InChI is InChI=1S/C60H47NS/c1-37-31-41-33-39-32-40(37)36-59(41)54-30-29-44(35-55(54)60(53-27-11-7-22-50(53)57(39)59)51-25-9-5-19-46(51)47-20-6-10-26-52(47)60)61(42-16-3-2-4-17-42)43-18-13-15-38(34-43)45-23-14-24-49-48-21-8-12-28-56(48)62-58(45)49/h2-30,34-35,37,39-41,57H,31-33,36H2,1H3/t37-,39-,40?,41+,57?,59?/m1/s1. The maximum Gasteiger partial charge on any atom is 0.0719 e. The van der Waals surface area contributed by atoms with Crippen molar-refractivity contribution in [2.75, 3.05) is 4.90 Å². The van der Waals surface area contributed by atoms with Crippen LogP contribution < -0.4 is 4.90 Å². The largest absolute Gasteiger partial charge is 0.310 e. The van der Waals surface area contributed by atoms with E-state index in [-0.39, 0.29) is 5.41 Å². The monoisotopic (exact) mass is 813 g/mol. The third-order valence-corrected chi connectivity index (χ3v) is 17.9. The van der Waals surface area contributed by atoms with E-state index in [9.17, 15) is 0 Å². The molecular weight excluding hydrogens is 767 g/mol. The molecule has 3 fully saturated rings. The van der Waals surface area contributed by atoms with Crippen molar-refractivity contribution in [1.82, 2.24) is 0 Å². The minimum absolute atomic E-state index is 0.112. The van der Waals surface area contributed by atoms with Gasteiger partial charge in [-0.15, -0.1) is 11.3 Å². The summed E-state index contributed by atoms with van der Waals surface area (Å²) in [6, 6.07) is 72.5. The molecule has 0 aliphatic heterocycles. The van der Waals surface area contributed by atoms with Crippen LogP contribution in [0.1, 0.15) is 71.9 Å². The predicted octanol–water partition coefficient (Wildman–Crippen LogP) is 16.0. The quantitative estimate of drug-likeness (QED) is 0.171. The van der Waals surface area contributed by atoms with Gasteiger partial charge in [-0.2, -0.15) is 0 Å². The summed E-state index contributed by atoms with van der Waals surface area (Å²) >= 11 is 1.91. The number of fused-ring (bicyclic) bond motifs is 13. The van der Waals surface area contributed by atoms with Crippen molar-refractivity contribution in [2.45, 2.75) is 49.4 Å². The van der Waals surface area contributed by atoms with Gasteiger partial charge in [0.1, 0.15) is 0 Å². The van der Waals surface area contributed by atoms with Gasteiger partial charge >= 0.3 is 0 Å². The van der Waals surface area contributed by atoms with E-state index in [4.69, 9.17) is 0 Å². The van der Waals surface area contributed by atoms with Gasteiger partial charge < -0.3 is 4.90 Å². The Morgan fingerprint density at radius 2 is 1.15 bits per heavy atom. The molecule has 0 amide bonds. The van der Waals surface area contributed by atoms with Crippen molar-refractivity contribution in [3.63, 3.8) is 0 Å². The summed E-state index contributed by atoms with van der Waals surface area (Å²) in [6.07, 6.45) is 5.38. The lowest BCUT2D eigenvalue weighted by Crippen LogP contribution is -2.47. The summed E-state index contributed by atoms with van der Waals surface area (Å²) in [5.74, 6) is 3.49. The van der Waals surface area contributed by atoms with Gasteiger partial charge in [0.15, 0.2) is 0 Å². The molecule has 6 atom stereocenters. The Labute approximate surface area is 368 Å². The number of anilines is 3. The van der Waals surface area contributed by atoms with E-state index in [0.717, 1.165) is 11.8 Å². The van der Waals surface area contributed by atoms with Crippen LogP contribution >= 0.6 is 11.3 Å². The molecule has 5 aliphatic carbocycles. The fraction of sp³-hybridized carbons (Fsp3) is 0.200. The second-order valence-electron chi connectivity index (χ2n) is 19.3. The van der Waals surface area contributed by atoms with E-state index < -0.39 is 5.41 Å². The van der Waals surface area contributed by atoms with Crippen molar-refractivity contribution >= 4 is 48.6 Å². The van der Waals surface area contributed by atoms with E-state index in [1.165, 1.54) is 107 Å². The molecule has 9 aromatic rings. The molecule has 2 spiro atoms. The Morgan fingerprint density at radius 3 is 1.98 bits per heavy atom. The number of rotatable bonds is 4. The number of para-hydroxylation sites is 1. The molecule has 14 rings (SSSR count). The van der Waals surface area contributed by atoms with Crippen LogP contribution in [0, 0.1) is 23.7 Å². The Bertz CT molecular complexity index is 3240. The highest BCUT2D eigenvalue weighted by molar-refractivity contribution is 7.26. The fourth-order valence-corrected chi connectivity index (χ4v) is 15.7. The molecule has 0 radical (unpaired) electrons. The zero-order chi connectivity index (χ0) is 40.7. The molecule has 2 heteroatoms. The summed E-state index contributed by atoms with van der Waals surface area (Å²) in [5, 5.41) is 2.67. The van der Waals surface area contributed by atoms with Gasteiger partial charge in [0, 0.05) is 42.6 Å². The number of thiophene rings is 1. The highest BCUT2D eigenvalue weighted by Crippen LogP contribution is 2.74. The molecule has 0 N–H and O–H groups in total. The number of hydrogen-bond donors (Lipinski definition) is 0. The maximum absolute atomic E-state index is 2.67. The van der Waals surface area contributed by atoms with Gasteiger partial charge in [0.05, 0.1) is 5.41 Å². The molecule has 8 aromatic carbocycles. The van der Waals surface area contributed by atoms with Gasteiger partial charge in [-0.3, -0.25) is 0 Å². The van der Waals surface area contributed by atoms with E-state index in [0.29, 0.717) is 17.8 Å². The zero-order valence-electron chi connectivity index (χ0n) is 35.0. The van der Waals surface area contributed by atoms with Crippen LogP contribution in [0.2, 0.25) is 0 Å². The molecule has 3 unspecified atom stereocenters. The highest BCUT2D eigenvalue weighted by Gasteiger charge is 2.67. The van der Waals surface area contributed by atoms with Crippen molar-refractivity contribution in [2.24, 2.45) is 23.7 Å². The van der Waals surface area contributed by atoms with Crippen molar-refractivity contribution in [1.29, 1.82) is 0 Å². The lowest BCUT2D eigenvalue weighted by Gasteiger charge is -2.53. The molecule has 62 heavy (non-hydrogen) atoms. The zero-order valence-corrected chi connectivity index (χ0v) is 35.8. The third kappa shape index (κ3) is 4.53. The lowest BCUT2D eigenvalue weighted by molar-refractivity contribution is 0.0678. The van der Waals surface area contributed by atoms with Crippen molar-refractivity contribution in [3.05, 3.63) is 221 Å². The third-order valence-electron chi connectivity index (χ3n) is 16.7. The molecule has 3 saturated carbocycles. The first-order valence-corrected chi connectivity index (χ1v) is 23.7. The molecule has 0 saturated heterocycles. The number of hydrogen-bond acceptors (Lipinski definition) is 2. The number of benzene rings is 8. The smallest absolute Gasteiger partial charge is 0.0719 e. The van der Waals surface area contributed by atoms with Crippen LogP contribution in [0.15, 0.2) is 188 Å². The van der Waals surface area contributed by atoms with E-state index >= 15 is 0 Å². The van der Waals surface area contributed by atoms with Crippen LogP contribution in [0.5, 0.6) is 0 Å². The molecule has 1 aromatic heterocycles. The Balaban J connectivity index is 1.06. The molecule has 1 nitrogen and oxygen atoms in total. The highest BCUT2D eigenvalue weighted by atomic mass is 32.1. The minimum Gasteiger partial charge on any atom is -0.310 e. The van der Waals surface area contributed by atoms with Crippen LogP contribution in [0.4, 0.5) is 17.1 Å². The van der Waals surface area contributed by atoms with Crippen molar-refractivity contribution in [3.8, 4) is 22.3 Å². The lowest BCUT2D eigenvalue weighted by atomic mass is 9.50. The second kappa shape index (κ2) is 12.9.